The van der Waals surface area contributed by atoms with Crippen LogP contribution in [0.2, 0.25) is 0 Å². The molecule has 1 aromatic heterocycles. The molecule has 0 aliphatic carbocycles. The van der Waals surface area contributed by atoms with Crippen LogP contribution in [0.4, 0.5) is 21.8 Å². The van der Waals surface area contributed by atoms with Gasteiger partial charge in [0.25, 0.3) is 5.91 Å². The summed E-state index contributed by atoms with van der Waals surface area (Å²) >= 11 is 3.32. The lowest BCUT2D eigenvalue weighted by molar-refractivity contribution is 0.0997. The van der Waals surface area contributed by atoms with Crippen LogP contribution >= 0.6 is 15.9 Å². The van der Waals surface area contributed by atoms with Crippen LogP contribution < -0.4 is 22.1 Å². The summed E-state index contributed by atoms with van der Waals surface area (Å²) in [4.78, 5) is 20.2. The van der Waals surface area contributed by atoms with Gasteiger partial charge in [0.2, 0.25) is 16.0 Å². The number of benzene rings is 1. The van der Waals surface area contributed by atoms with Crippen molar-refractivity contribution < 1.29 is 17.6 Å². The van der Waals surface area contributed by atoms with Crippen LogP contribution in [0.5, 0.6) is 0 Å². The number of anilines is 3. The molecule has 0 unspecified atom stereocenters. The molecule has 1 aromatic carbocycles. The normalized spacial score (nSPS) is 17.3. The number of rotatable bonds is 8. The summed E-state index contributed by atoms with van der Waals surface area (Å²) in [5, 5.41) is 6.03. The number of nitrogens with one attached hydrogen (secondary N) is 2. The molecule has 10 nitrogen and oxygen atoms in total. The molecule has 0 saturated carbocycles. The molecule has 0 spiro atoms. The zero-order valence-electron chi connectivity index (χ0n) is 16.5. The van der Waals surface area contributed by atoms with E-state index in [1.165, 1.54) is 22.6 Å². The Morgan fingerprint density at radius 3 is 2.87 bits per heavy atom. The zero-order valence-corrected chi connectivity index (χ0v) is 18.9. The molecule has 0 radical (unpaired) electrons. The largest absolute Gasteiger partial charge is 0.365 e. The van der Waals surface area contributed by atoms with Crippen LogP contribution in [0, 0.1) is 5.82 Å². The number of halogens is 2. The van der Waals surface area contributed by atoms with Gasteiger partial charge >= 0.3 is 0 Å². The predicted octanol–water partition coefficient (Wildman–Crippen LogP) is 1.39. The van der Waals surface area contributed by atoms with Gasteiger partial charge in [-0.05, 0) is 40.9 Å². The van der Waals surface area contributed by atoms with E-state index in [2.05, 4.69) is 36.5 Å². The van der Waals surface area contributed by atoms with Crippen molar-refractivity contribution in [2.75, 3.05) is 36.0 Å². The minimum absolute atomic E-state index is 0.0646. The lowest BCUT2D eigenvalue weighted by Gasteiger charge is -2.32. The van der Waals surface area contributed by atoms with Gasteiger partial charge in [0.15, 0.2) is 0 Å². The third-order valence-corrected chi connectivity index (χ3v) is 7.19. The van der Waals surface area contributed by atoms with E-state index in [4.69, 9.17) is 11.5 Å². The monoisotopic (exact) mass is 515 g/mol. The molecule has 168 valence electrons. The standard InChI is InChI=1S/C18H23BrFN7O3S/c19-12-9-23-18(24-11-3-2-7-27(10-11)31(29,30)8-6-21)26-17(12)25-14-5-1-4-13(20)15(14)16(22)28/h1,4-5,9,11H,2-3,6-8,10,21H2,(H2,22,28)(H2,23,24,25,26)/t11-/m1/s1. The Balaban J connectivity index is 1.78. The Bertz CT molecular complexity index is 1070. The fourth-order valence-electron chi connectivity index (χ4n) is 3.30. The fourth-order valence-corrected chi connectivity index (χ4v) is 4.96. The maximum atomic E-state index is 14.0. The molecule has 1 aliphatic rings. The van der Waals surface area contributed by atoms with Gasteiger partial charge < -0.3 is 22.1 Å². The van der Waals surface area contributed by atoms with Gasteiger partial charge in [-0.25, -0.2) is 17.8 Å². The van der Waals surface area contributed by atoms with Crippen LogP contribution in [0.1, 0.15) is 23.2 Å². The number of nitrogens with two attached hydrogens (primary N) is 2. The van der Waals surface area contributed by atoms with Crippen LogP contribution in [0.3, 0.4) is 0 Å². The summed E-state index contributed by atoms with van der Waals surface area (Å²) in [6.07, 6.45) is 2.92. The van der Waals surface area contributed by atoms with E-state index in [0.29, 0.717) is 17.4 Å². The maximum Gasteiger partial charge on any atom is 0.253 e. The highest BCUT2D eigenvalue weighted by atomic mass is 79.9. The number of piperidine rings is 1. The molecule has 1 saturated heterocycles. The van der Waals surface area contributed by atoms with Crippen molar-refractivity contribution in [3.05, 3.63) is 40.2 Å². The van der Waals surface area contributed by atoms with Gasteiger partial charge in [-0.15, -0.1) is 0 Å². The van der Waals surface area contributed by atoms with Crippen LogP contribution in [0.25, 0.3) is 0 Å². The van der Waals surface area contributed by atoms with Crippen LogP contribution in [0.15, 0.2) is 28.9 Å². The lowest BCUT2D eigenvalue weighted by Crippen LogP contribution is -2.46. The van der Waals surface area contributed by atoms with Crippen molar-refractivity contribution >= 4 is 49.3 Å². The van der Waals surface area contributed by atoms with Crippen molar-refractivity contribution in [3.63, 3.8) is 0 Å². The number of hydrogen-bond donors (Lipinski definition) is 4. The van der Waals surface area contributed by atoms with E-state index in [9.17, 15) is 17.6 Å². The summed E-state index contributed by atoms with van der Waals surface area (Å²) in [5.74, 6) is -1.22. The smallest absolute Gasteiger partial charge is 0.253 e. The number of amides is 1. The first-order chi connectivity index (χ1) is 14.7. The summed E-state index contributed by atoms with van der Waals surface area (Å²) in [7, 11) is -3.40. The summed E-state index contributed by atoms with van der Waals surface area (Å²) in [6, 6.07) is 3.90. The third-order valence-electron chi connectivity index (χ3n) is 4.74. The molecular formula is C18H23BrFN7O3S. The Labute approximate surface area is 187 Å². The van der Waals surface area contributed by atoms with Crippen molar-refractivity contribution in [3.8, 4) is 0 Å². The van der Waals surface area contributed by atoms with E-state index >= 15 is 0 Å². The Morgan fingerprint density at radius 2 is 2.16 bits per heavy atom. The second-order valence-electron chi connectivity index (χ2n) is 6.99. The lowest BCUT2D eigenvalue weighted by atomic mass is 10.1. The molecule has 1 amide bonds. The number of carbonyl (C=O) groups excluding carboxylic acids is 1. The SMILES string of the molecule is NCCS(=O)(=O)N1CCC[C@@H](Nc2ncc(Br)c(Nc3cccc(F)c3C(N)=O)n2)C1. The molecule has 1 aliphatic heterocycles. The summed E-state index contributed by atoms with van der Waals surface area (Å²) in [5.41, 5.74) is 10.6. The Hall–Kier alpha value is -2.35. The van der Waals surface area contributed by atoms with Gasteiger partial charge in [-0.2, -0.15) is 9.29 Å². The minimum Gasteiger partial charge on any atom is -0.365 e. The zero-order chi connectivity index (χ0) is 22.6. The molecule has 13 heteroatoms. The number of primary amides is 1. The van der Waals surface area contributed by atoms with E-state index < -0.39 is 21.7 Å². The maximum absolute atomic E-state index is 14.0. The summed E-state index contributed by atoms with van der Waals surface area (Å²) in [6.45, 7) is 0.791. The van der Waals surface area contributed by atoms with Gasteiger partial charge in [0.1, 0.15) is 11.6 Å². The molecule has 2 heterocycles. The molecule has 31 heavy (non-hydrogen) atoms. The Morgan fingerprint density at radius 1 is 1.39 bits per heavy atom. The van der Waals surface area contributed by atoms with Crippen LogP contribution in [-0.4, -0.2) is 60.0 Å². The molecule has 1 atom stereocenters. The number of aromatic nitrogens is 2. The van der Waals surface area contributed by atoms with Crippen molar-refractivity contribution in [2.24, 2.45) is 11.5 Å². The van der Waals surface area contributed by atoms with E-state index in [0.717, 1.165) is 12.5 Å². The minimum atomic E-state index is -3.40. The molecule has 2 aromatic rings. The highest BCUT2D eigenvalue weighted by Crippen LogP contribution is 2.28. The first-order valence-electron chi connectivity index (χ1n) is 9.53. The molecule has 1 fully saturated rings. The van der Waals surface area contributed by atoms with E-state index in [1.54, 1.807) is 0 Å². The van der Waals surface area contributed by atoms with Gasteiger partial charge in [0, 0.05) is 31.9 Å². The predicted molar refractivity (Wildman–Crippen MR) is 119 cm³/mol. The topological polar surface area (TPSA) is 156 Å². The first kappa shape index (κ1) is 23.3. The number of carbonyl (C=O) groups is 1. The van der Waals surface area contributed by atoms with Gasteiger partial charge in [-0.1, -0.05) is 6.07 Å². The summed E-state index contributed by atoms with van der Waals surface area (Å²) < 4.78 is 40.5. The quantitative estimate of drug-likeness (QED) is 0.410. The first-order valence-corrected chi connectivity index (χ1v) is 11.9. The third kappa shape index (κ3) is 5.67. The number of sulfonamides is 1. The highest BCUT2D eigenvalue weighted by Gasteiger charge is 2.28. The van der Waals surface area contributed by atoms with E-state index in [-0.39, 0.29) is 47.9 Å². The number of hydrogen-bond acceptors (Lipinski definition) is 8. The second kappa shape index (κ2) is 9.85. The Kier molecular flexibility index (Phi) is 7.41. The average molecular weight is 516 g/mol. The van der Waals surface area contributed by atoms with Gasteiger partial charge in [0.05, 0.1) is 21.5 Å². The molecule has 3 rings (SSSR count). The molecule has 0 bridgehead atoms. The molecule has 6 N–H and O–H groups in total. The second-order valence-corrected chi connectivity index (χ2v) is 9.93. The van der Waals surface area contributed by atoms with Crippen molar-refractivity contribution in [2.45, 2.75) is 18.9 Å². The fraction of sp³-hybridized carbons (Fsp3) is 0.389. The van der Waals surface area contributed by atoms with Crippen molar-refractivity contribution in [1.29, 1.82) is 0 Å². The highest BCUT2D eigenvalue weighted by molar-refractivity contribution is 9.10. The number of nitrogens with zero attached hydrogens (tertiary/aromatic N) is 3. The molecular weight excluding hydrogens is 493 g/mol. The van der Waals surface area contributed by atoms with Crippen molar-refractivity contribution in [1.82, 2.24) is 14.3 Å². The van der Waals surface area contributed by atoms with Crippen LogP contribution in [-0.2, 0) is 10.0 Å². The van der Waals surface area contributed by atoms with Gasteiger partial charge in [-0.3, -0.25) is 4.79 Å². The average Bonchev–Trinajstić information content (AvgIpc) is 2.70. The van der Waals surface area contributed by atoms with E-state index in [1.807, 2.05) is 0 Å².